The van der Waals surface area contributed by atoms with Gasteiger partial charge in [-0.15, -0.1) is 34.0 Å². The van der Waals surface area contributed by atoms with E-state index in [-0.39, 0.29) is 34.0 Å². The van der Waals surface area contributed by atoms with Crippen molar-refractivity contribution in [2.24, 2.45) is 0 Å². The van der Waals surface area contributed by atoms with Gasteiger partial charge in [-0.2, -0.15) is 0 Å². The molecule has 1 unspecified atom stereocenters. The molecule has 0 N–H and O–H groups in total. The summed E-state index contributed by atoms with van der Waals surface area (Å²) in [5.41, 5.74) is 8.49. The second-order valence-electron chi connectivity index (χ2n) is 8.34. The maximum atomic E-state index is 2.60. The predicted octanol–water partition coefficient (Wildman–Crippen LogP) is 6.55. The standard InChI is InChI=1S/C26H29N3.2BrH/c1-20-23-12-8-11-22-15-16-29(26(22)23)25-14-7-6-13-24(25)28(20)18-17-27(2)19-21-9-4-3-5-10-21;;/h3-14,20H,15-19H2,1-2H3;2*1H. The van der Waals surface area contributed by atoms with Crippen LogP contribution in [0.2, 0.25) is 0 Å². The minimum Gasteiger partial charge on any atom is -0.362 e. The third kappa shape index (κ3) is 4.55. The maximum Gasteiger partial charge on any atom is 0.0649 e. The number of fused-ring (bicyclic) bond motifs is 2. The first-order valence-corrected chi connectivity index (χ1v) is 10.7. The summed E-state index contributed by atoms with van der Waals surface area (Å²) >= 11 is 0. The van der Waals surface area contributed by atoms with Crippen LogP contribution >= 0.6 is 34.0 Å². The zero-order chi connectivity index (χ0) is 19.8. The number of para-hydroxylation sites is 3. The van der Waals surface area contributed by atoms with E-state index in [2.05, 4.69) is 101 Å². The molecular weight excluding hydrogens is 514 g/mol. The summed E-state index contributed by atoms with van der Waals surface area (Å²) in [6, 6.07) is 26.9. The molecule has 3 aromatic rings. The summed E-state index contributed by atoms with van der Waals surface area (Å²) in [5, 5.41) is 0. The Bertz CT molecular complexity index is 1010. The normalized spacial score (nSPS) is 16.2. The smallest absolute Gasteiger partial charge is 0.0649 e. The van der Waals surface area contributed by atoms with Gasteiger partial charge < -0.3 is 14.7 Å². The molecule has 5 rings (SSSR count). The zero-order valence-electron chi connectivity index (χ0n) is 18.2. The molecular formula is C26H31Br2N3. The number of hydrogen-bond donors (Lipinski definition) is 0. The van der Waals surface area contributed by atoms with Gasteiger partial charge >= 0.3 is 0 Å². The summed E-state index contributed by atoms with van der Waals surface area (Å²) in [6.45, 7) is 6.47. The first-order chi connectivity index (χ1) is 14.2. The summed E-state index contributed by atoms with van der Waals surface area (Å²) in [5.74, 6) is 0. The molecule has 0 bridgehead atoms. The molecule has 3 aromatic carbocycles. The lowest BCUT2D eigenvalue weighted by molar-refractivity contribution is 0.329. The number of nitrogens with zero attached hydrogens (tertiary/aromatic N) is 3. The van der Waals surface area contributed by atoms with Crippen LogP contribution in [0.4, 0.5) is 17.1 Å². The van der Waals surface area contributed by atoms with Gasteiger partial charge in [-0.05, 0) is 49.2 Å². The van der Waals surface area contributed by atoms with Crippen LogP contribution in [0.1, 0.15) is 29.7 Å². The number of benzene rings is 3. The first kappa shape index (κ1) is 23.8. The van der Waals surface area contributed by atoms with Crippen molar-refractivity contribution in [2.45, 2.75) is 25.9 Å². The van der Waals surface area contributed by atoms with Crippen molar-refractivity contribution in [2.75, 3.05) is 36.5 Å². The van der Waals surface area contributed by atoms with E-state index in [1.54, 1.807) is 0 Å². The molecule has 0 radical (unpaired) electrons. The van der Waals surface area contributed by atoms with E-state index in [1.165, 1.54) is 33.8 Å². The summed E-state index contributed by atoms with van der Waals surface area (Å²) in [4.78, 5) is 7.57. The lowest BCUT2D eigenvalue weighted by Gasteiger charge is -2.33. The second kappa shape index (κ2) is 10.2. The number of rotatable bonds is 5. The summed E-state index contributed by atoms with van der Waals surface area (Å²) in [7, 11) is 2.23. The average molecular weight is 545 g/mol. The SMILES string of the molecule is Br.Br.CC1c2cccc3c2N(CC3)c2ccccc2N1CCN(C)Cc1ccccc1. The van der Waals surface area contributed by atoms with E-state index in [0.717, 1.165) is 32.6 Å². The Morgan fingerprint density at radius 3 is 2.35 bits per heavy atom. The maximum absolute atomic E-state index is 2.60. The van der Waals surface area contributed by atoms with Crippen molar-refractivity contribution in [3.63, 3.8) is 0 Å². The van der Waals surface area contributed by atoms with Crippen molar-refractivity contribution in [1.29, 1.82) is 0 Å². The van der Waals surface area contributed by atoms with Crippen molar-refractivity contribution < 1.29 is 0 Å². The fourth-order valence-corrected chi connectivity index (χ4v) is 4.94. The molecule has 0 saturated carbocycles. The van der Waals surface area contributed by atoms with Crippen LogP contribution in [0, 0.1) is 0 Å². The lowest BCUT2D eigenvalue weighted by atomic mass is 10.0. The van der Waals surface area contributed by atoms with Gasteiger partial charge in [-0.25, -0.2) is 0 Å². The lowest BCUT2D eigenvalue weighted by Crippen LogP contribution is -2.34. The first-order valence-electron chi connectivity index (χ1n) is 10.7. The Hall–Kier alpha value is -1.82. The van der Waals surface area contributed by atoms with Crippen LogP contribution < -0.4 is 9.80 Å². The second-order valence-corrected chi connectivity index (χ2v) is 8.34. The van der Waals surface area contributed by atoms with Crippen LogP contribution in [0.5, 0.6) is 0 Å². The van der Waals surface area contributed by atoms with Crippen LogP contribution in [-0.2, 0) is 13.0 Å². The van der Waals surface area contributed by atoms with Crippen LogP contribution in [0.3, 0.4) is 0 Å². The molecule has 0 spiro atoms. The molecule has 5 heteroatoms. The molecule has 2 aliphatic rings. The molecule has 0 aromatic heterocycles. The third-order valence-electron chi connectivity index (χ3n) is 6.44. The van der Waals surface area contributed by atoms with E-state index >= 15 is 0 Å². The minimum atomic E-state index is 0. The monoisotopic (exact) mass is 543 g/mol. The van der Waals surface area contributed by atoms with Gasteiger partial charge in [0.2, 0.25) is 0 Å². The molecule has 3 nitrogen and oxygen atoms in total. The average Bonchev–Trinajstić information content (AvgIpc) is 3.15. The Morgan fingerprint density at radius 1 is 0.871 bits per heavy atom. The van der Waals surface area contributed by atoms with Gasteiger partial charge in [0.15, 0.2) is 0 Å². The number of likely N-dealkylation sites (N-methyl/N-ethyl adjacent to an activating group) is 1. The van der Waals surface area contributed by atoms with E-state index in [9.17, 15) is 0 Å². The molecule has 2 aliphatic heterocycles. The highest BCUT2D eigenvalue weighted by Gasteiger charge is 2.33. The number of hydrogen-bond acceptors (Lipinski definition) is 3. The fraction of sp³-hybridized carbons (Fsp3) is 0.308. The van der Waals surface area contributed by atoms with Crippen LogP contribution in [0.25, 0.3) is 0 Å². The number of halogens is 2. The Balaban J connectivity index is 0.00000136. The zero-order valence-corrected chi connectivity index (χ0v) is 21.6. The quantitative estimate of drug-likeness (QED) is 0.360. The largest absolute Gasteiger partial charge is 0.362 e. The molecule has 0 amide bonds. The molecule has 1 atom stereocenters. The topological polar surface area (TPSA) is 9.72 Å². The summed E-state index contributed by atoms with van der Waals surface area (Å²) in [6.07, 6.45) is 1.14. The minimum absolute atomic E-state index is 0. The van der Waals surface area contributed by atoms with E-state index in [4.69, 9.17) is 0 Å². The highest BCUT2D eigenvalue weighted by molar-refractivity contribution is 8.93. The van der Waals surface area contributed by atoms with Gasteiger partial charge in [-0.1, -0.05) is 60.7 Å². The molecule has 0 aliphatic carbocycles. The number of anilines is 3. The Kier molecular flexibility index (Phi) is 7.84. The van der Waals surface area contributed by atoms with Crippen molar-refractivity contribution in [1.82, 2.24) is 4.90 Å². The van der Waals surface area contributed by atoms with Crippen molar-refractivity contribution in [3.8, 4) is 0 Å². The van der Waals surface area contributed by atoms with Gasteiger partial charge in [0, 0.05) is 31.9 Å². The van der Waals surface area contributed by atoms with Gasteiger partial charge in [0.05, 0.1) is 17.4 Å². The highest BCUT2D eigenvalue weighted by atomic mass is 79.9. The van der Waals surface area contributed by atoms with Crippen molar-refractivity contribution >= 4 is 51.0 Å². The molecule has 0 saturated heterocycles. The van der Waals surface area contributed by atoms with Gasteiger partial charge in [0.1, 0.15) is 0 Å². The van der Waals surface area contributed by atoms with Crippen LogP contribution in [-0.4, -0.2) is 31.6 Å². The molecule has 164 valence electrons. The fourth-order valence-electron chi connectivity index (χ4n) is 4.94. The Morgan fingerprint density at radius 2 is 1.58 bits per heavy atom. The van der Waals surface area contributed by atoms with Crippen molar-refractivity contribution in [3.05, 3.63) is 89.5 Å². The van der Waals surface area contributed by atoms with Gasteiger partial charge in [0.25, 0.3) is 0 Å². The van der Waals surface area contributed by atoms with E-state index in [0.29, 0.717) is 6.04 Å². The third-order valence-corrected chi connectivity index (χ3v) is 6.44. The van der Waals surface area contributed by atoms with Crippen LogP contribution in [0.15, 0.2) is 72.8 Å². The summed E-state index contributed by atoms with van der Waals surface area (Å²) < 4.78 is 0. The molecule has 31 heavy (non-hydrogen) atoms. The highest BCUT2D eigenvalue weighted by Crippen LogP contribution is 2.48. The molecule has 2 heterocycles. The van der Waals surface area contributed by atoms with E-state index in [1.807, 2.05) is 0 Å². The van der Waals surface area contributed by atoms with Gasteiger partial charge in [-0.3, -0.25) is 0 Å². The van der Waals surface area contributed by atoms with E-state index < -0.39 is 0 Å². The predicted molar refractivity (Wildman–Crippen MR) is 143 cm³/mol. The Labute approximate surface area is 207 Å². The molecule has 0 fully saturated rings.